The van der Waals surface area contributed by atoms with Gasteiger partial charge in [-0.1, -0.05) is 12.1 Å². The summed E-state index contributed by atoms with van der Waals surface area (Å²) >= 11 is 0. The Labute approximate surface area is 116 Å². The molecule has 0 unspecified atom stereocenters. The van der Waals surface area contributed by atoms with Crippen molar-refractivity contribution >= 4 is 28.0 Å². The first-order valence-electron chi connectivity index (χ1n) is 5.58. The minimum Gasteiger partial charge on any atom is -0.478 e. The first-order chi connectivity index (χ1) is 9.28. The number of nitrogens with one attached hydrogen (secondary N) is 1. The quantitative estimate of drug-likeness (QED) is 0.627. The van der Waals surface area contributed by atoms with Crippen LogP contribution in [0.5, 0.6) is 0 Å². The van der Waals surface area contributed by atoms with Crippen LogP contribution in [0.3, 0.4) is 0 Å². The molecule has 0 saturated carbocycles. The van der Waals surface area contributed by atoms with Crippen LogP contribution in [0.1, 0.15) is 15.9 Å². The number of carbonyl (C=O) groups is 2. The molecule has 108 valence electrons. The lowest BCUT2D eigenvalue weighted by Crippen LogP contribution is -2.31. The first kappa shape index (κ1) is 15.9. The van der Waals surface area contributed by atoms with E-state index in [9.17, 15) is 18.0 Å². The van der Waals surface area contributed by atoms with Gasteiger partial charge in [0.05, 0.1) is 5.75 Å². The van der Waals surface area contributed by atoms with Gasteiger partial charge in [-0.2, -0.15) is 0 Å². The molecule has 0 spiro atoms. The third-order valence-corrected chi connectivity index (χ3v) is 3.04. The van der Waals surface area contributed by atoms with Gasteiger partial charge in [0, 0.05) is 18.2 Å². The summed E-state index contributed by atoms with van der Waals surface area (Å²) < 4.78 is 21.4. The average Bonchev–Trinajstić information content (AvgIpc) is 2.35. The lowest BCUT2D eigenvalue weighted by Gasteiger charge is -2.04. The molecule has 0 aromatic heterocycles. The summed E-state index contributed by atoms with van der Waals surface area (Å²) in [5, 5.41) is 15.7. The summed E-state index contributed by atoms with van der Waals surface area (Å²) in [6, 6.07) is 6.17. The molecule has 1 rings (SSSR count). The van der Waals surface area contributed by atoms with Crippen LogP contribution in [0.25, 0.3) is 6.08 Å². The van der Waals surface area contributed by atoms with Crippen molar-refractivity contribution in [2.24, 2.45) is 5.14 Å². The second-order valence-electron chi connectivity index (χ2n) is 3.92. The number of carboxylic acid groups (broad SMARTS) is 1. The molecule has 0 aliphatic rings. The fourth-order valence-electron chi connectivity index (χ4n) is 1.32. The number of hydrogen-bond acceptors (Lipinski definition) is 4. The predicted molar refractivity (Wildman–Crippen MR) is 73.4 cm³/mol. The Balaban J connectivity index is 2.60. The number of rotatable bonds is 6. The maximum absolute atomic E-state index is 11.6. The molecule has 7 nitrogen and oxygen atoms in total. The van der Waals surface area contributed by atoms with Gasteiger partial charge in [-0.05, 0) is 23.8 Å². The van der Waals surface area contributed by atoms with Gasteiger partial charge in [-0.3, -0.25) is 4.79 Å². The highest BCUT2D eigenvalue weighted by Crippen LogP contribution is 2.06. The van der Waals surface area contributed by atoms with Crippen LogP contribution in [-0.4, -0.2) is 37.7 Å². The zero-order valence-corrected chi connectivity index (χ0v) is 11.3. The third-order valence-electron chi connectivity index (χ3n) is 2.26. The van der Waals surface area contributed by atoms with Crippen LogP contribution in [0.2, 0.25) is 0 Å². The van der Waals surface area contributed by atoms with Crippen LogP contribution in [0.4, 0.5) is 0 Å². The SMILES string of the molecule is NS(=O)(=O)CCNC(=O)c1ccc(C=CC(=O)O)cc1. The zero-order chi connectivity index (χ0) is 15.2. The van der Waals surface area contributed by atoms with Crippen LogP contribution >= 0.6 is 0 Å². The number of primary sulfonamides is 1. The molecule has 0 bridgehead atoms. The number of carboxylic acids is 1. The van der Waals surface area contributed by atoms with Crippen molar-refractivity contribution < 1.29 is 23.1 Å². The van der Waals surface area contributed by atoms with Crippen LogP contribution in [-0.2, 0) is 14.8 Å². The van der Waals surface area contributed by atoms with Crippen molar-refractivity contribution in [2.45, 2.75) is 0 Å². The van der Waals surface area contributed by atoms with E-state index in [0.717, 1.165) is 6.08 Å². The summed E-state index contributed by atoms with van der Waals surface area (Å²) in [6.45, 7) is -0.0711. The summed E-state index contributed by atoms with van der Waals surface area (Å²) in [7, 11) is -3.60. The number of benzene rings is 1. The van der Waals surface area contributed by atoms with Crippen molar-refractivity contribution in [3.05, 3.63) is 41.5 Å². The van der Waals surface area contributed by atoms with Crippen LogP contribution in [0.15, 0.2) is 30.3 Å². The van der Waals surface area contributed by atoms with Gasteiger partial charge in [-0.15, -0.1) is 0 Å². The lowest BCUT2D eigenvalue weighted by atomic mass is 10.1. The van der Waals surface area contributed by atoms with E-state index in [4.69, 9.17) is 10.2 Å². The molecule has 20 heavy (non-hydrogen) atoms. The number of carbonyl (C=O) groups excluding carboxylic acids is 1. The minimum atomic E-state index is -3.60. The molecule has 0 saturated heterocycles. The Morgan fingerprint density at radius 1 is 1.25 bits per heavy atom. The Kier molecular flexibility index (Phi) is 5.42. The van der Waals surface area contributed by atoms with E-state index in [-0.39, 0.29) is 12.3 Å². The van der Waals surface area contributed by atoms with E-state index in [1.165, 1.54) is 18.2 Å². The maximum Gasteiger partial charge on any atom is 0.328 e. The average molecular weight is 298 g/mol. The van der Waals surface area contributed by atoms with Crippen LogP contribution < -0.4 is 10.5 Å². The monoisotopic (exact) mass is 298 g/mol. The highest BCUT2D eigenvalue weighted by molar-refractivity contribution is 7.89. The molecule has 1 amide bonds. The van der Waals surface area contributed by atoms with Crippen molar-refractivity contribution in [3.63, 3.8) is 0 Å². The number of hydrogen-bond donors (Lipinski definition) is 3. The standard InChI is InChI=1S/C12H14N2O5S/c13-20(18,19)8-7-14-12(17)10-4-1-9(2-5-10)3-6-11(15)16/h1-6H,7-8H2,(H,14,17)(H,15,16)(H2,13,18,19). The van der Waals surface area contributed by atoms with E-state index >= 15 is 0 Å². The topological polar surface area (TPSA) is 127 Å². The zero-order valence-electron chi connectivity index (χ0n) is 10.4. The van der Waals surface area contributed by atoms with E-state index < -0.39 is 21.9 Å². The van der Waals surface area contributed by atoms with Gasteiger partial charge in [0.15, 0.2) is 0 Å². The fourth-order valence-corrected chi connectivity index (χ4v) is 1.71. The van der Waals surface area contributed by atoms with Gasteiger partial charge in [-0.25, -0.2) is 18.4 Å². The second kappa shape index (κ2) is 6.83. The van der Waals surface area contributed by atoms with Gasteiger partial charge in [0.2, 0.25) is 10.0 Å². The largest absolute Gasteiger partial charge is 0.478 e. The normalized spacial score (nSPS) is 11.4. The molecule has 4 N–H and O–H groups in total. The molecule has 1 aromatic rings. The molecule has 0 heterocycles. The van der Waals surface area contributed by atoms with E-state index in [0.29, 0.717) is 11.1 Å². The second-order valence-corrected chi connectivity index (χ2v) is 5.65. The van der Waals surface area contributed by atoms with Crippen molar-refractivity contribution in [1.82, 2.24) is 5.32 Å². The summed E-state index contributed by atoms with van der Waals surface area (Å²) in [5.74, 6) is -1.82. The number of aliphatic carboxylic acids is 1. The first-order valence-corrected chi connectivity index (χ1v) is 7.29. The van der Waals surface area contributed by atoms with Crippen LogP contribution in [0, 0.1) is 0 Å². The summed E-state index contributed by atoms with van der Waals surface area (Å²) in [4.78, 5) is 22.0. The fraction of sp³-hybridized carbons (Fsp3) is 0.167. The highest BCUT2D eigenvalue weighted by Gasteiger charge is 2.07. The van der Waals surface area contributed by atoms with Crippen molar-refractivity contribution in [1.29, 1.82) is 0 Å². The highest BCUT2D eigenvalue weighted by atomic mass is 32.2. The van der Waals surface area contributed by atoms with Crippen molar-refractivity contribution in [2.75, 3.05) is 12.3 Å². The van der Waals surface area contributed by atoms with Gasteiger partial charge in [0.25, 0.3) is 5.91 Å². The molecule has 0 aliphatic carbocycles. The molecule has 0 aliphatic heterocycles. The molecule has 8 heteroatoms. The van der Waals surface area contributed by atoms with Gasteiger partial charge < -0.3 is 10.4 Å². The maximum atomic E-state index is 11.6. The minimum absolute atomic E-state index is 0.0711. The van der Waals surface area contributed by atoms with Crippen molar-refractivity contribution in [3.8, 4) is 0 Å². The van der Waals surface area contributed by atoms with E-state index in [1.54, 1.807) is 12.1 Å². The molecular formula is C12H14N2O5S. The Bertz CT molecular complexity index is 620. The lowest BCUT2D eigenvalue weighted by molar-refractivity contribution is -0.131. The molecule has 1 aromatic carbocycles. The number of nitrogens with two attached hydrogens (primary N) is 1. The van der Waals surface area contributed by atoms with E-state index in [1.807, 2.05) is 0 Å². The third kappa shape index (κ3) is 6.12. The molecule has 0 fully saturated rings. The number of amides is 1. The summed E-state index contributed by atoms with van der Waals surface area (Å²) in [5.41, 5.74) is 0.973. The molecule has 0 atom stereocenters. The smallest absolute Gasteiger partial charge is 0.328 e. The summed E-state index contributed by atoms with van der Waals surface area (Å²) in [6.07, 6.45) is 2.38. The van der Waals surface area contributed by atoms with Gasteiger partial charge in [0.1, 0.15) is 0 Å². The molecular weight excluding hydrogens is 284 g/mol. The van der Waals surface area contributed by atoms with E-state index in [2.05, 4.69) is 5.32 Å². The predicted octanol–water partition coefficient (Wildman–Crippen LogP) is -0.197. The van der Waals surface area contributed by atoms with Gasteiger partial charge >= 0.3 is 5.97 Å². The Hall–Kier alpha value is -2.19. The number of sulfonamides is 1. The Morgan fingerprint density at radius 3 is 2.35 bits per heavy atom. The molecule has 0 radical (unpaired) electrons. The Morgan fingerprint density at radius 2 is 1.85 bits per heavy atom.